The molecule has 37 heavy (non-hydrogen) atoms. The van der Waals surface area contributed by atoms with E-state index in [9.17, 15) is 18.8 Å². The van der Waals surface area contributed by atoms with Crippen LogP contribution < -0.4 is 11.1 Å². The molecule has 1 aliphatic heterocycles. The Kier molecular flexibility index (Phi) is 7.61. The Hall–Kier alpha value is -4.54. The normalized spacial score (nSPS) is 15.5. The van der Waals surface area contributed by atoms with Gasteiger partial charge in [-0.2, -0.15) is 0 Å². The van der Waals surface area contributed by atoms with Gasteiger partial charge in [0.25, 0.3) is 5.91 Å². The van der Waals surface area contributed by atoms with Crippen LogP contribution in [0.25, 0.3) is 10.9 Å². The Bertz CT molecular complexity index is 1380. The lowest BCUT2D eigenvalue weighted by Crippen LogP contribution is -2.42. The van der Waals surface area contributed by atoms with Gasteiger partial charge in [-0.05, 0) is 24.1 Å². The third kappa shape index (κ3) is 5.83. The number of amidine groups is 1. The fraction of sp³-hybridized carbons (Fsp3) is 0.269. The monoisotopic (exact) mass is 507 g/mol. The summed E-state index contributed by atoms with van der Waals surface area (Å²) in [5, 5.41) is 14.2. The van der Waals surface area contributed by atoms with Crippen molar-refractivity contribution in [3.8, 4) is 0 Å². The number of ether oxygens (including phenoxy) is 1. The molecule has 0 radical (unpaired) electrons. The van der Waals surface area contributed by atoms with Gasteiger partial charge in [-0.3, -0.25) is 15.0 Å². The number of nitrogens with one attached hydrogen (secondary N) is 3. The number of H-pyrrole nitrogens is 1. The Morgan fingerprint density at radius 2 is 1.97 bits per heavy atom. The number of carbonyl (C=O) groups is 3. The maximum absolute atomic E-state index is 14.7. The molecule has 0 saturated heterocycles. The maximum Gasteiger partial charge on any atom is 0.328 e. The minimum atomic E-state index is -1.14. The molecule has 3 aromatic rings. The van der Waals surface area contributed by atoms with Crippen LogP contribution in [-0.4, -0.2) is 53.4 Å². The average molecular weight is 508 g/mol. The van der Waals surface area contributed by atoms with Gasteiger partial charge in [-0.1, -0.05) is 41.6 Å². The number of carbonyl (C=O) groups excluding carboxylic acids is 3. The van der Waals surface area contributed by atoms with Gasteiger partial charge in [0.2, 0.25) is 0 Å². The van der Waals surface area contributed by atoms with Crippen LogP contribution in [0, 0.1) is 11.2 Å². The zero-order chi connectivity index (χ0) is 26.5. The van der Waals surface area contributed by atoms with E-state index in [0.29, 0.717) is 23.2 Å². The third-order valence-electron chi connectivity index (χ3n) is 6.09. The van der Waals surface area contributed by atoms with Crippen molar-refractivity contribution in [3.63, 3.8) is 0 Å². The largest absolute Gasteiger partial charge is 0.467 e. The van der Waals surface area contributed by atoms with Crippen LogP contribution in [0.15, 0.2) is 53.7 Å². The first-order valence-electron chi connectivity index (χ1n) is 11.6. The molecule has 2 aromatic carbocycles. The van der Waals surface area contributed by atoms with Crippen LogP contribution >= 0.6 is 0 Å². The first-order valence-corrected chi connectivity index (χ1v) is 11.6. The number of para-hydroxylation sites is 1. The van der Waals surface area contributed by atoms with E-state index in [-0.39, 0.29) is 42.0 Å². The molecule has 11 heteroatoms. The number of ketones is 1. The van der Waals surface area contributed by atoms with Gasteiger partial charge in [0.15, 0.2) is 5.82 Å². The van der Waals surface area contributed by atoms with Gasteiger partial charge in [0.05, 0.1) is 12.8 Å². The zero-order valence-electron chi connectivity index (χ0n) is 20.0. The number of nitrogen functional groups attached to an aromatic ring is 1. The molecule has 2 heterocycles. The number of hydrogen-bond acceptors (Lipinski definition) is 7. The van der Waals surface area contributed by atoms with Crippen molar-refractivity contribution >= 4 is 40.1 Å². The number of fused-ring (bicyclic) bond motifs is 1. The predicted octanol–water partition coefficient (Wildman–Crippen LogP) is 2.80. The molecule has 1 aliphatic rings. The number of Topliss-reactive ketones (excluding diaryl/α,β-unsaturated/α-hetero) is 1. The van der Waals surface area contributed by atoms with Crippen LogP contribution in [0.4, 0.5) is 4.39 Å². The van der Waals surface area contributed by atoms with E-state index in [1.165, 1.54) is 13.2 Å². The minimum Gasteiger partial charge on any atom is -0.467 e. The molecule has 0 saturated carbocycles. The zero-order valence-corrected chi connectivity index (χ0v) is 20.0. The molecule has 0 bridgehead atoms. The quantitative estimate of drug-likeness (QED) is 0.188. The lowest BCUT2D eigenvalue weighted by molar-refractivity contribution is -0.143. The van der Waals surface area contributed by atoms with E-state index in [2.05, 4.69) is 15.5 Å². The molecular formula is C26H26FN5O5. The van der Waals surface area contributed by atoms with Gasteiger partial charge in [0.1, 0.15) is 29.5 Å². The Balaban J connectivity index is 1.31. The van der Waals surface area contributed by atoms with Gasteiger partial charge in [-0.15, -0.1) is 0 Å². The van der Waals surface area contributed by atoms with Crippen LogP contribution in [0.1, 0.15) is 47.3 Å². The van der Waals surface area contributed by atoms with E-state index >= 15 is 0 Å². The van der Waals surface area contributed by atoms with Crippen LogP contribution in [-0.2, 0) is 19.2 Å². The summed E-state index contributed by atoms with van der Waals surface area (Å²) in [4.78, 5) is 45.7. The smallest absolute Gasteiger partial charge is 0.328 e. The van der Waals surface area contributed by atoms with Crippen LogP contribution in [0.3, 0.4) is 0 Å². The average Bonchev–Trinajstić information content (AvgIpc) is 3.50. The van der Waals surface area contributed by atoms with E-state index < -0.39 is 29.8 Å². The highest BCUT2D eigenvalue weighted by Gasteiger charge is 2.28. The molecule has 0 aliphatic carbocycles. The number of rotatable bonds is 10. The molecule has 1 aromatic heterocycles. The molecule has 4 rings (SSSR count). The number of esters is 1. The van der Waals surface area contributed by atoms with Crippen molar-refractivity contribution in [2.24, 2.45) is 10.9 Å². The second-order valence-corrected chi connectivity index (χ2v) is 8.65. The topological polar surface area (TPSA) is 160 Å². The van der Waals surface area contributed by atoms with Crippen molar-refractivity contribution in [2.45, 2.75) is 37.8 Å². The van der Waals surface area contributed by atoms with Gasteiger partial charge >= 0.3 is 5.97 Å². The molecule has 2 unspecified atom stereocenters. The molecule has 5 N–H and O–H groups in total. The Morgan fingerprint density at radius 1 is 1.24 bits per heavy atom. The summed E-state index contributed by atoms with van der Waals surface area (Å²) >= 11 is 0. The first kappa shape index (κ1) is 25.5. The fourth-order valence-electron chi connectivity index (χ4n) is 4.10. The van der Waals surface area contributed by atoms with E-state index in [4.69, 9.17) is 20.7 Å². The minimum absolute atomic E-state index is 0.0218. The number of aromatic nitrogens is 1. The summed E-state index contributed by atoms with van der Waals surface area (Å²) in [7, 11) is 1.17. The number of aromatic amines is 1. The summed E-state index contributed by atoms with van der Waals surface area (Å²) < 4.78 is 19.4. The lowest BCUT2D eigenvalue weighted by Gasteiger charge is -2.16. The second-order valence-electron chi connectivity index (χ2n) is 8.65. The van der Waals surface area contributed by atoms with Crippen molar-refractivity contribution in [1.29, 1.82) is 5.41 Å². The number of nitrogens with two attached hydrogens (primary N) is 1. The van der Waals surface area contributed by atoms with Gasteiger partial charge < -0.3 is 25.6 Å². The maximum atomic E-state index is 14.7. The number of oxime groups is 1. The molecule has 192 valence electrons. The van der Waals surface area contributed by atoms with Gasteiger partial charge in [0, 0.05) is 35.7 Å². The SMILES string of the molecule is COC(=O)C(CCC(=O)CC1CC(c2ccc(C(=N)N)cc2)=NO1)NC(=O)c1[nH]c2ccccc2c1F. The Labute approximate surface area is 211 Å². The summed E-state index contributed by atoms with van der Waals surface area (Å²) in [6.07, 6.45) is -0.0236. The lowest BCUT2D eigenvalue weighted by atomic mass is 9.99. The van der Waals surface area contributed by atoms with Crippen molar-refractivity contribution < 1.29 is 28.3 Å². The molecule has 0 fully saturated rings. The third-order valence-corrected chi connectivity index (χ3v) is 6.09. The van der Waals surface area contributed by atoms with E-state index in [1.54, 1.807) is 42.5 Å². The number of benzene rings is 2. The summed E-state index contributed by atoms with van der Waals surface area (Å²) in [6.45, 7) is 0. The van der Waals surface area contributed by atoms with E-state index in [1.807, 2.05) is 0 Å². The van der Waals surface area contributed by atoms with Gasteiger partial charge in [-0.25, -0.2) is 9.18 Å². The number of amides is 1. The highest BCUT2D eigenvalue weighted by molar-refractivity contribution is 6.03. The summed E-state index contributed by atoms with van der Waals surface area (Å²) in [5.41, 5.74) is 7.68. The molecular weight excluding hydrogens is 481 g/mol. The number of hydrogen-bond donors (Lipinski definition) is 4. The van der Waals surface area contributed by atoms with Crippen LogP contribution in [0.5, 0.6) is 0 Å². The number of methoxy groups -OCH3 is 1. The van der Waals surface area contributed by atoms with Crippen molar-refractivity contribution in [3.05, 3.63) is 71.2 Å². The van der Waals surface area contributed by atoms with Crippen LogP contribution in [0.2, 0.25) is 0 Å². The van der Waals surface area contributed by atoms with Crippen molar-refractivity contribution in [1.82, 2.24) is 10.3 Å². The number of halogens is 1. The highest BCUT2D eigenvalue weighted by atomic mass is 19.1. The molecule has 2 atom stereocenters. The standard InChI is InChI=1S/C26H26FN5O5/c1-36-26(35)20(31-25(34)23-22(27)18-4-2-3-5-19(18)30-23)11-10-16(33)12-17-13-21(32-37-17)14-6-8-15(9-7-14)24(28)29/h2-9,17,20,30H,10-13H2,1H3,(H3,28,29)(H,31,34). The highest BCUT2D eigenvalue weighted by Crippen LogP contribution is 2.22. The number of nitrogens with zero attached hydrogens (tertiary/aromatic N) is 1. The Morgan fingerprint density at radius 3 is 2.65 bits per heavy atom. The fourth-order valence-corrected chi connectivity index (χ4v) is 4.10. The second kappa shape index (κ2) is 11.0. The molecule has 10 nitrogen and oxygen atoms in total. The molecule has 0 spiro atoms. The summed E-state index contributed by atoms with van der Waals surface area (Å²) in [5.74, 6) is -2.50. The first-order chi connectivity index (χ1) is 17.8. The van der Waals surface area contributed by atoms with Crippen molar-refractivity contribution in [2.75, 3.05) is 7.11 Å². The molecule has 1 amide bonds. The predicted molar refractivity (Wildman–Crippen MR) is 134 cm³/mol. The van der Waals surface area contributed by atoms with E-state index in [0.717, 1.165) is 5.56 Å². The summed E-state index contributed by atoms with van der Waals surface area (Å²) in [6, 6.07) is 12.4.